The van der Waals surface area contributed by atoms with Gasteiger partial charge in [0.2, 0.25) is 0 Å². The molecule has 0 bridgehead atoms. The standard InChI is InChI=1S/C15H14BrF2N/c1-2-19-15(10-5-3-6-11(17)9-10)12-7-4-8-13(18)14(12)16/h3-9,15,19H,2H2,1H3. The fraction of sp³-hybridized carbons (Fsp3) is 0.200. The van der Waals surface area contributed by atoms with Gasteiger partial charge in [0.05, 0.1) is 10.5 Å². The highest BCUT2D eigenvalue weighted by molar-refractivity contribution is 9.10. The van der Waals surface area contributed by atoms with Gasteiger partial charge in [-0.2, -0.15) is 0 Å². The van der Waals surface area contributed by atoms with Gasteiger partial charge in [-0.1, -0.05) is 31.2 Å². The van der Waals surface area contributed by atoms with Gasteiger partial charge in [-0.3, -0.25) is 0 Å². The maximum Gasteiger partial charge on any atom is 0.137 e. The van der Waals surface area contributed by atoms with Crippen molar-refractivity contribution in [1.29, 1.82) is 0 Å². The zero-order valence-corrected chi connectivity index (χ0v) is 12.0. The van der Waals surface area contributed by atoms with Crippen LogP contribution in [0.2, 0.25) is 0 Å². The molecule has 2 rings (SSSR count). The Bertz CT molecular complexity index is 572. The largest absolute Gasteiger partial charge is 0.306 e. The zero-order chi connectivity index (χ0) is 13.8. The van der Waals surface area contributed by atoms with Crippen LogP contribution in [0.4, 0.5) is 8.78 Å². The van der Waals surface area contributed by atoms with Crippen LogP contribution >= 0.6 is 15.9 Å². The third-order valence-electron chi connectivity index (χ3n) is 2.88. The Morgan fingerprint density at radius 3 is 2.58 bits per heavy atom. The Labute approximate surface area is 119 Å². The van der Waals surface area contributed by atoms with Gasteiger partial charge in [-0.25, -0.2) is 8.78 Å². The van der Waals surface area contributed by atoms with Crippen molar-refractivity contribution in [1.82, 2.24) is 5.32 Å². The van der Waals surface area contributed by atoms with Crippen molar-refractivity contribution in [2.24, 2.45) is 0 Å². The number of hydrogen-bond donors (Lipinski definition) is 1. The minimum Gasteiger partial charge on any atom is -0.306 e. The van der Waals surface area contributed by atoms with Crippen molar-refractivity contribution >= 4 is 15.9 Å². The highest BCUT2D eigenvalue weighted by Gasteiger charge is 2.18. The van der Waals surface area contributed by atoms with Crippen molar-refractivity contribution in [3.8, 4) is 0 Å². The van der Waals surface area contributed by atoms with Crippen LogP contribution in [-0.2, 0) is 0 Å². The molecule has 1 unspecified atom stereocenters. The third-order valence-corrected chi connectivity index (χ3v) is 3.72. The number of benzene rings is 2. The molecule has 4 heteroatoms. The minimum absolute atomic E-state index is 0.245. The molecule has 0 spiro atoms. The molecule has 2 aromatic rings. The third kappa shape index (κ3) is 3.19. The fourth-order valence-corrected chi connectivity index (χ4v) is 2.53. The molecular formula is C15H14BrF2N. The molecule has 0 aliphatic carbocycles. The first kappa shape index (κ1) is 14.2. The summed E-state index contributed by atoms with van der Waals surface area (Å²) >= 11 is 3.26. The van der Waals surface area contributed by atoms with Crippen LogP contribution in [0.1, 0.15) is 24.1 Å². The minimum atomic E-state index is -0.322. The average Bonchev–Trinajstić information content (AvgIpc) is 2.40. The van der Waals surface area contributed by atoms with Gasteiger partial charge >= 0.3 is 0 Å². The SMILES string of the molecule is CCNC(c1cccc(F)c1)c1cccc(F)c1Br. The van der Waals surface area contributed by atoms with Gasteiger partial charge in [0.25, 0.3) is 0 Å². The molecule has 1 N–H and O–H groups in total. The second-order valence-corrected chi connectivity index (χ2v) is 4.98. The Morgan fingerprint density at radius 2 is 1.89 bits per heavy atom. The molecule has 1 atom stereocenters. The van der Waals surface area contributed by atoms with Crippen LogP contribution in [0.5, 0.6) is 0 Å². The molecular weight excluding hydrogens is 312 g/mol. The second kappa shape index (κ2) is 6.26. The monoisotopic (exact) mass is 325 g/mol. The average molecular weight is 326 g/mol. The highest BCUT2D eigenvalue weighted by Crippen LogP contribution is 2.30. The Hall–Kier alpha value is -1.26. The van der Waals surface area contributed by atoms with Gasteiger partial charge in [0.15, 0.2) is 0 Å². The Kier molecular flexibility index (Phi) is 4.66. The van der Waals surface area contributed by atoms with Gasteiger partial charge in [-0.05, 0) is 51.8 Å². The molecule has 0 radical (unpaired) electrons. The number of halogens is 3. The van der Waals surface area contributed by atoms with Crippen LogP contribution < -0.4 is 5.32 Å². The normalized spacial score (nSPS) is 12.4. The summed E-state index contributed by atoms with van der Waals surface area (Å²) in [6, 6.07) is 11.0. The van der Waals surface area contributed by atoms with Gasteiger partial charge in [-0.15, -0.1) is 0 Å². The molecule has 0 saturated carbocycles. The summed E-state index contributed by atoms with van der Waals surface area (Å²) in [5.41, 5.74) is 1.53. The summed E-state index contributed by atoms with van der Waals surface area (Å²) in [5.74, 6) is -0.621. The van der Waals surface area contributed by atoms with E-state index in [1.165, 1.54) is 18.2 Å². The lowest BCUT2D eigenvalue weighted by atomic mass is 9.98. The first-order valence-corrected chi connectivity index (χ1v) is 6.85. The molecule has 0 aromatic heterocycles. The fourth-order valence-electron chi connectivity index (χ4n) is 2.04. The van der Waals surface area contributed by atoms with Crippen LogP contribution in [0.3, 0.4) is 0 Å². The first-order valence-electron chi connectivity index (χ1n) is 6.06. The maximum atomic E-state index is 13.6. The van der Waals surface area contributed by atoms with Crippen molar-refractivity contribution in [2.75, 3.05) is 6.54 Å². The maximum absolute atomic E-state index is 13.6. The summed E-state index contributed by atoms with van der Waals surface area (Å²) in [5, 5.41) is 3.25. The van der Waals surface area contributed by atoms with Gasteiger partial charge < -0.3 is 5.32 Å². The molecule has 100 valence electrons. The topological polar surface area (TPSA) is 12.0 Å². The lowest BCUT2D eigenvalue weighted by Crippen LogP contribution is -2.22. The lowest BCUT2D eigenvalue weighted by molar-refractivity contribution is 0.587. The molecule has 0 heterocycles. The predicted octanol–water partition coefficient (Wildman–Crippen LogP) is 4.43. The molecule has 1 nitrogen and oxygen atoms in total. The molecule has 0 amide bonds. The number of nitrogens with one attached hydrogen (secondary N) is 1. The number of rotatable bonds is 4. The van der Waals surface area contributed by atoms with Crippen molar-refractivity contribution < 1.29 is 8.78 Å². The van der Waals surface area contributed by atoms with Crippen molar-refractivity contribution in [3.63, 3.8) is 0 Å². The van der Waals surface area contributed by atoms with E-state index in [2.05, 4.69) is 21.2 Å². The zero-order valence-electron chi connectivity index (χ0n) is 10.5. The lowest BCUT2D eigenvalue weighted by Gasteiger charge is -2.20. The molecule has 19 heavy (non-hydrogen) atoms. The van der Waals surface area contributed by atoms with Crippen molar-refractivity contribution in [3.05, 3.63) is 69.7 Å². The number of hydrogen-bond acceptors (Lipinski definition) is 1. The molecule has 0 aliphatic heterocycles. The van der Waals surface area contributed by atoms with E-state index in [1.54, 1.807) is 12.1 Å². The van der Waals surface area contributed by atoms with Crippen LogP contribution in [-0.4, -0.2) is 6.54 Å². The highest BCUT2D eigenvalue weighted by atomic mass is 79.9. The van der Waals surface area contributed by atoms with Gasteiger partial charge in [0, 0.05) is 0 Å². The summed E-state index contributed by atoms with van der Waals surface area (Å²) in [4.78, 5) is 0. The molecule has 0 saturated heterocycles. The van der Waals surface area contributed by atoms with Crippen molar-refractivity contribution in [2.45, 2.75) is 13.0 Å². The smallest absolute Gasteiger partial charge is 0.137 e. The van der Waals surface area contributed by atoms with E-state index < -0.39 is 0 Å². The van der Waals surface area contributed by atoms with E-state index >= 15 is 0 Å². The summed E-state index contributed by atoms with van der Waals surface area (Å²) in [6.45, 7) is 2.66. The van der Waals surface area contributed by atoms with E-state index in [0.717, 1.165) is 11.1 Å². The predicted molar refractivity (Wildman–Crippen MR) is 76.0 cm³/mol. The first-order chi connectivity index (χ1) is 9.13. The molecule has 0 aliphatic rings. The van der Waals surface area contributed by atoms with Crippen LogP contribution in [0.15, 0.2) is 46.9 Å². The van der Waals surface area contributed by atoms with E-state index in [0.29, 0.717) is 11.0 Å². The summed E-state index contributed by atoms with van der Waals surface area (Å²) < 4.78 is 27.4. The van der Waals surface area contributed by atoms with E-state index in [-0.39, 0.29) is 17.7 Å². The summed E-state index contributed by atoms with van der Waals surface area (Å²) in [6.07, 6.45) is 0. The second-order valence-electron chi connectivity index (χ2n) is 4.19. The summed E-state index contributed by atoms with van der Waals surface area (Å²) in [7, 11) is 0. The quantitative estimate of drug-likeness (QED) is 0.877. The van der Waals surface area contributed by atoms with E-state index in [4.69, 9.17) is 0 Å². The van der Waals surface area contributed by atoms with E-state index in [1.807, 2.05) is 19.1 Å². The van der Waals surface area contributed by atoms with Crippen LogP contribution in [0.25, 0.3) is 0 Å². The van der Waals surface area contributed by atoms with Crippen LogP contribution in [0, 0.1) is 11.6 Å². The molecule has 2 aromatic carbocycles. The Morgan fingerprint density at radius 1 is 1.16 bits per heavy atom. The molecule has 0 fully saturated rings. The Balaban J connectivity index is 2.48. The van der Waals surface area contributed by atoms with Gasteiger partial charge in [0.1, 0.15) is 11.6 Å². The van der Waals surface area contributed by atoms with E-state index in [9.17, 15) is 8.78 Å².